The van der Waals surface area contributed by atoms with Crippen molar-refractivity contribution in [3.8, 4) is 0 Å². The van der Waals surface area contributed by atoms with Crippen LogP contribution in [-0.2, 0) is 14.3 Å². The fraction of sp³-hybridized carbons (Fsp3) is 0.923. The lowest BCUT2D eigenvalue weighted by atomic mass is 10.1. The number of esters is 1. The first kappa shape index (κ1) is 14.5. The van der Waals surface area contributed by atoms with E-state index in [9.17, 15) is 4.79 Å². The van der Waals surface area contributed by atoms with Crippen molar-refractivity contribution in [2.75, 3.05) is 33.4 Å². The molecule has 0 radical (unpaired) electrons. The SMILES string of the molecule is CCOC(=O)CCCCN1CCC[C@@H](OC)C1. The Hall–Kier alpha value is -0.610. The number of hydrogen-bond donors (Lipinski definition) is 0. The highest BCUT2D eigenvalue weighted by molar-refractivity contribution is 5.69. The van der Waals surface area contributed by atoms with Gasteiger partial charge in [-0.15, -0.1) is 0 Å². The maximum atomic E-state index is 11.1. The number of methoxy groups -OCH3 is 1. The quantitative estimate of drug-likeness (QED) is 0.505. The van der Waals surface area contributed by atoms with Gasteiger partial charge < -0.3 is 14.4 Å². The van der Waals surface area contributed by atoms with E-state index in [0.29, 0.717) is 19.1 Å². The normalized spacial score (nSPS) is 21.4. The minimum Gasteiger partial charge on any atom is -0.466 e. The van der Waals surface area contributed by atoms with Gasteiger partial charge in [0.15, 0.2) is 0 Å². The minimum atomic E-state index is -0.0686. The lowest BCUT2D eigenvalue weighted by molar-refractivity contribution is -0.143. The second-order valence-corrected chi connectivity index (χ2v) is 4.56. The molecule has 0 N–H and O–H groups in total. The highest BCUT2D eigenvalue weighted by Gasteiger charge is 2.18. The van der Waals surface area contributed by atoms with Gasteiger partial charge in [-0.1, -0.05) is 0 Å². The molecule has 0 aromatic carbocycles. The molecule has 4 heteroatoms. The van der Waals surface area contributed by atoms with Crippen molar-refractivity contribution >= 4 is 5.97 Å². The van der Waals surface area contributed by atoms with Crippen molar-refractivity contribution < 1.29 is 14.3 Å². The van der Waals surface area contributed by atoms with Crippen molar-refractivity contribution in [3.63, 3.8) is 0 Å². The van der Waals surface area contributed by atoms with Crippen LogP contribution in [0.4, 0.5) is 0 Å². The lowest BCUT2D eigenvalue weighted by Crippen LogP contribution is -2.39. The van der Waals surface area contributed by atoms with Crippen LogP contribution in [0.5, 0.6) is 0 Å². The van der Waals surface area contributed by atoms with Gasteiger partial charge in [-0.2, -0.15) is 0 Å². The second-order valence-electron chi connectivity index (χ2n) is 4.56. The summed E-state index contributed by atoms with van der Waals surface area (Å²) in [5, 5.41) is 0. The predicted octanol–water partition coefficient (Wildman–Crippen LogP) is 1.83. The third kappa shape index (κ3) is 6.03. The van der Waals surface area contributed by atoms with Gasteiger partial charge in [-0.25, -0.2) is 0 Å². The molecule has 1 atom stereocenters. The zero-order valence-electron chi connectivity index (χ0n) is 11.1. The maximum absolute atomic E-state index is 11.1. The zero-order valence-corrected chi connectivity index (χ0v) is 11.1. The number of piperidine rings is 1. The Morgan fingerprint density at radius 1 is 1.41 bits per heavy atom. The summed E-state index contributed by atoms with van der Waals surface area (Å²) in [5.74, 6) is -0.0686. The van der Waals surface area contributed by atoms with E-state index in [1.54, 1.807) is 7.11 Å². The first-order valence-electron chi connectivity index (χ1n) is 6.67. The van der Waals surface area contributed by atoms with Crippen LogP contribution in [0, 0.1) is 0 Å². The molecule has 1 heterocycles. The van der Waals surface area contributed by atoms with Gasteiger partial charge in [0.05, 0.1) is 12.7 Å². The maximum Gasteiger partial charge on any atom is 0.305 e. The Labute approximate surface area is 104 Å². The van der Waals surface area contributed by atoms with E-state index < -0.39 is 0 Å². The standard InChI is InChI=1S/C13H25NO3/c1-3-17-13(15)8-4-5-9-14-10-6-7-12(11-14)16-2/h12H,3-11H2,1-2H3/t12-/m1/s1. The number of carbonyl (C=O) groups excluding carboxylic acids is 1. The minimum absolute atomic E-state index is 0.0686. The molecule has 4 nitrogen and oxygen atoms in total. The van der Waals surface area contributed by atoms with Gasteiger partial charge in [0.2, 0.25) is 0 Å². The van der Waals surface area contributed by atoms with Gasteiger partial charge in [-0.05, 0) is 45.7 Å². The van der Waals surface area contributed by atoms with Crippen molar-refractivity contribution in [3.05, 3.63) is 0 Å². The van der Waals surface area contributed by atoms with E-state index in [1.807, 2.05) is 6.92 Å². The van der Waals surface area contributed by atoms with E-state index in [4.69, 9.17) is 9.47 Å². The Kier molecular flexibility index (Phi) is 7.21. The molecule has 1 rings (SSSR count). The van der Waals surface area contributed by atoms with E-state index in [1.165, 1.54) is 19.4 Å². The van der Waals surface area contributed by atoms with E-state index in [-0.39, 0.29) is 5.97 Å². The van der Waals surface area contributed by atoms with E-state index >= 15 is 0 Å². The molecule has 1 aliphatic heterocycles. The third-order valence-electron chi connectivity index (χ3n) is 3.21. The number of unbranched alkanes of at least 4 members (excludes halogenated alkanes) is 1. The summed E-state index contributed by atoms with van der Waals surface area (Å²) in [6.45, 7) is 5.60. The Balaban J connectivity index is 2.04. The smallest absolute Gasteiger partial charge is 0.305 e. The first-order chi connectivity index (χ1) is 8.26. The van der Waals surface area contributed by atoms with Crippen molar-refractivity contribution in [1.82, 2.24) is 4.90 Å². The van der Waals surface area contributed by atoms with Crippen LogP contribution in [0.1, 0.15) is 39.0 Å². The van der Waals surface area contributed by atoms with Gasteiger partial charge in [0.25, 0.3) is 0 Å². The summed E-state index contributed by atoms with van der Waals surface area (Å²) in [6, 6.07) is 0. The predicted molar refractivity (Wildman–Crippen MR) is 67.0 cm³/mol. The Morgan fingerprint density at radius 2 is 2.24 bits per heavy atom. The number of hydrogen-bond acceptors (Lipinski definition) is 4. The summed E-state index contributed by atoms with van der Waals surface area (Å²) < 4.78 is 10.3. The largest absolute Gasteiger partial charge is 0.466 e. The van der Waals surface area contributed by atoms with Gasteiger partial charge in [-0.3, -0.25) is 4.79 Å². The highest BCUT2D eigenvalue weighted by atomic mass is 16.5. The lowest BCUT2D eigenvalue weighted by Gasteiger charge is -2.31. The number of rotatable bonds is 7. The molecule has 0 bridgehead atoms. The number of carbonyl (C=O) groups is 1. The van der Waals surface area contributed by atoms with Gasteiger partial charge >= 0.3 is 5.97 Å². The molecule has 0 aliphatic carbocycles. The van der Waals surface area contributed by atoms with E-state index in [0.717, 1.165) is 25.9 Å². The molecule has 1 aliphatic rings. The summed E-state index contributed by atoms with van der Waals surface area (Å²) in [7, 11) is 1.79. The molecule has 0 unspecified atom stereocenters. The molecule has 1 fully saturated rings. The van der Waals surface area contributed by atoms with Crippen LogP contribution in [-0.4, -0.2) is 50.3 Å². The van der Waals surface area contributed by atoms with Crippen LogP contribution < -0.4 is 0 Å². The fourth-order valence-electron chi connectivity index (χ4n) is 2.25. The third-order valence-corrected chi connectivity index (χ3v) is 3.21. The molecule has 0 aromatic rings. The summed E-state index contributed by atoms with van der Waals surface area (Å²) in [6.07, 6.45) is 5.33. The average Bonchev–Trinajstić information content (AvgIpc) is 2.35. The molecular formula is C13H25NO3. The molecule has 0 spiro atoms. The van der Waals surface area contributed by atoms with Crippen LogP contribution in [0.15, 0.2) is 0 Å². The van der Waals surface area contributed by atoms with Crippen molar-refractivity contribution in [2.24, 2.45) is 0 Å². The van der Waals surface area contributed by atoms with Crippen molar-refractivity contribution in [1.29, 1.82) is 0 Å². The number of nitrogens with zero attached hydrogens (tertiary/aromatic N) is 1. The molecule has 0 aromatic heterocycles. The van der Waals surface area contributed by atoms with Crippen LogP contribution in [0.2, 0.25) is 0 Å². The number of likely N-dealkylation sites (tertiary alicyclic amines) is 1. The van der Waals surface area contributed by atoms with Crippen LogP contribution >= 0.6 is 0 Å². The number of ether oxygens (including phenoxy) is 2. The van der Waals surface area contributed by atoms with Crippen LogP contribution in [0.25, 0.3) is 0 Å². The molecular weight excluding hydrogens is 218 g/mol. The van der Waals surface area contributed by atoms with Gasteiger partial charge in [0.1, 0.15) is 0 Å². The zero-order chi connectivity index (χ0) is 12.5. The average molecular weight is 243 g/mol. The van der Waals surface area contributed by atoms with Crippen molar-refractivity contribution in [2.45, 2.75) is 45.1 Å². The molecule has 0 amide bonds. The topological polar surface area (TPSA) is 38.8 Å². The van der Waals surface area contributed by atoms with Crippen LogP contribution in [0.3, 0.4) is 0 Å². The summed E-state index contributed by atoms with van der Waals surface area (Å²) >= 11 is 0. The first-order valence-corrected chi connectivity index (χ1v) is 6.67. The monoisotopic (exact) mass is 243 g/mol. The fourth-order valence-corrected chi connectivity index (χ4v) is 2.25. The second kappa shape index (κ2) is 8.48. The Morgan fingerprint density at radius 3 is 2.94 bits per heavy atom. The summed E-state index contributed by atoms with van der Waals surface area (Å²) in [5.41, 5.74) is 0. The molecule has 17 heavy (non-hydrogen) atoms. The molecule has 0 saturated carbocycles. The van der Waals surface area contributed by atoms with E-state index in [2.05, 4.69) is 4.90 Å². The Bertz CT molecular complexity index is 221. The van der Waals surface area contributed by atoms with Gasteiger partial charge in [0, 0.05) is 20.1 Å². The molecule has 1 saturated heterocycles. The molecule has 100 valence electrons. The summed E-state index contributed by atoms with van der Waals surface area (Å²) in [4.78, 5) is 13.6. The highest BCUT2D eigenvalue weighted by Crippen LogP contribution is 2.13.